The van der Waals surface area contributed by atoms with Gasteiger partial charge in [0.2, 0.25) is 5.82 Å². The topological polar surface area (TPSA) is 18.5 Å². The number of ether oxygens (including phenoxy) is 2. The molecule has 0 heterocycles. The normalized spacial score (nSPS) is 9.92. The van der Waals surface area contributed by atoms with Crippen LogP contribution < -0.4 is 9.47 Å². The first-order valence-corrected chi connectivity index (χ1v) is 4.45. The van der Waals surface area contributed by atoms with Crippen molar-refractivity contribution in [2.75, 3.05) is 14.2 Å². The van der Waals surface area contributed by atoms with Gasteiger partial charge >= 0.3 is 0 Å². The lowest BCUT2D eigenvalue weighted by Crippen LogP contribution is -1.98. The van der Waals surface area contributed by atoms with E-state index in [1.165, 1.54) is 14.2 Å². The van der Waals surface area contributed by atoms with Crippen molar-refractivity contribution in [2.45, 2.75) is 0 Å². The van der Waals surface area contributed by atoms with E-state index in [0.29, 0.717) is 3.57 Å². The second kappa shape index (κ2) is 4.08. The molecular formula is C8H7F2IO2. The summed E-state index contributed by atoms with van der Waals surface area (Å²) in [7, 11) is 2.52. The van der Waals surface area contributed by atoms with Crippen LogP contribution in [-0.2, 0) is 0 Å². The van der Waals surface area contributed by atoms with Gasteiger partial charge < -0.3 is 9.47 Å². The molecule has 0 spiro atoms. The molecule has 0 radical (unpaired) electrons. The molecule has 0 fully saturated rings. The minimum atomic E-state index is -0.811. The van der Waals surface area contributed by atoms with Crippen LogP contribution in [0.1, 0.15) is 0 Å². The summed E-state index contributed by atoms with van der Waals surface area (Å²) in [6.07, 6.45) is 0. The quantitative estimate of drug-likeness (QED) is 0.782. The Morgan fingerprint density at radius 2 is 1.69 bits per heavy atom. The van der Waals surface area contributed by atoms with Crippen molar-refractivity contribution in [1.29, 1.82) is 0 Å². The van der Waals surface area contributed by atoms with Gasteiger partial charge in [-0.25, -0.2) is 4.39 Å². The SMILES string of the molecule is COc1c(F)cc(I)c(OC)c1F. The third-order valence-electron chi connectivity index (χ3n) is 1.49. The van der Waals surface area contributed by atoms with Crippen LogP contribution in [0.4, 0.5) is 8.78 Å². The van der Waals surface area contributed by atoms with Crippen molar-refractivity contribution in [3.05, 3.63) is 21.3 Å². The maximum atomic E-state index is 13.3. The maximum Gasteiger partial charge on any atom is 0.210 e. The minimum absolute atomic E-state index is 0.00106. The van der Waals surface area contributed by atoms with Crippen LogP contribution in [0.25, 0.3) is 0 Å². The monoisotopic (exact) mass is 300 g/mol. The molecular weight excluding hydrogens is 293 g/mol. The lowest BCUT2D eigenvalue weighted by molar-refractivity contribution is 0.331. The van der Waals surface area contributed by atoms with Gasteiger partial charge in [-0.1, -0.05) is 0 Å². The number of hydrogen-bond donors (Lipinski definition) is 0. The molecule has 72 valence electrons. The minimum Gasteiger partial charge on any atom is -0.492 e. The molecule has 1 aromatic carbocycles. The van der Waals surface area contributed by atoms with Crippen molar-refractivity contribution in [1.82, 2.24) is 0 Å². The number of benzene rings is 1. The Morgan fingerprint density at radius 3 is 2.15 bits per heavy atom. The molecule has 0 atom stereocenters. The van der Waals surface area contributed by atoms with E-state index >= 15 is 0 Å². The zero-order valence-electron chi connectivity index (χ0n) is 7.03. The van der Waals surface area contributed by atoms with Crippen molar-refractivity contribution < 1.29 is 18.3 Å². The summed E-state index contributed by atoms with van der Waals surface area (Å²) in [5.41, 5.74) is 0. The van der Waals surface area contributed by atoms with Crippen molar-refractivity contribution in [2.24, 2.45) is 0 Å². The second-order valence-electron chi connectivity index (χ2n) is 2.22. The Balaban J connectivity index is 3.39. The third-order valence-corrected chi connectivity index (χ3v) is 2.30. The molecule has 0 amide bonds. The summed E-state index contributed by atoms with van der Waals surface area (Å²) in [5, 5.41) is 0. The summed E-state index contributed by atoms with van der Waals surface area (Å²) in [6.45, 7) is 0. The zero-order chi connectivity index (χ0) is 10.0. The molecule has 13 heavy (non-hydrogen) atoms. The van der Waals surface area contributed by atoms with Gasteiger partial charge in [-0.3, -0.25) is 0 Å². The van der Waals surface area contributed by atoms with Gasteiger partial charge in [-0.05, 0) is 28.7 Å². The molecule has 1 rings (SSSR count). The predicted octanol–water partition coefficient (Wildman–Crippen LogP) is 2.59. The van der Waals surface area contributed by atoms with Gasteiger partial charge in [0.1, 0.15) is 0 Å². The fraction of sp³-hybridized carbons (Fsp3) is 0.250. The van der Waals surface area contributed by atoms with E-state index in [-0.39, 0.29) is 5.75 Å². The second-order valence-corrected chi connectivity index (χ2v) is 3.38. The molecule has 0 bridgehead atoms. The highest BCUT2D eigenvalue weighted by Crippen LogP contribution is 2.33. The third kappa shape index (κ3) is 1.84. The largest absolute Gasteiger partial charge is 0.492 e. The Labute approximate surface area is 88.0 Å². The Kier molecular flexibility index (Phi) is 3.29. The van der Waals surface area contributed by atoms with Crippen molar-refractivity contribution in [3.63, 3.8) is 0 Å². The van der Waals surface area contributed by atoms with Crippen LogP contribution in [0.2, 0.25) is 0 Å². The predicted molar refractivity (Wildman–Crippen MR) is 52.2 cm³/mol. The standard InChI is InChI=1S/C8H7F2IO2/c1-12-7-4(9)3-5(11)8(13-2)6(7)10/h3H,1-2H3. The van der Waals surface area contributed by atoms with Crippen LogP contribution in [0.5, 0.6) is 11.5 Å². The summed E-state index contributed by atoms with van der Waals surface area (Å²) >= 11 is 1.78. The molecule has 0 aliphatic carbocycles. The van der Waals surface area contributed by atoms with Gasteiger partial charge in [0, 0.05) is 0 Å². The lowest BCUT2D eigenvalue weighted by Gasteiger charge is -2.09. The molecule has 0 saturated heterocycles. The van der Waals surface area contributed by atoms with E-state index in [0.717, 1.165) is 6.07 Å². The summed E-state index contributed by atoms with van der Waals surface area (Å²) < 4.78 is 36.0. The molecule has 0 saturated carbocycles. The molecule has 0 aromatic heterocycles. The molecule has 0 aliphatic rings. The van der Waals surface area contributed by atoms with Crippen LogP contribution in [0.3, 0.4) is 0 Å². The fourth-order valence-electron chi connectivity index (χ4n) is 0.929. The van der Waals surface area contributed by atoms with Crippen LogP contribution in [0.15, 0.2) is 6.07 Å². The average molecular weight is 300 g/mol. The molecule has 0 aliphatic heterocycles. The highest BCUT2D eigenvalue weighted by molar-refractivity contribution is 14.1. The van der Waals surface area contributed by atoms with E-state index in [1.807, 2.05) is 0 Å². The molecule has 2 nitrogen and oxygen atoms in total. The van der Waals surface area contributed by atoms with Crippen molar-refractivity contribution in [3.8, 4) is 11.5 Å². The van der Waals surface area contributed by atoms with E-state index in [4.69, 9.17) is 4.74 Å². The van der Waals surface area contributed by atoms with E-state index in [1.54, 1.807) is 22.6 Å². The van der Waals surface area contributed by atoms with Gasteiger partial charge in [0.15, 0.2) is 17.3 Å². The van der Waals surface area contributed by atoms with Gasteiger partial charge in [-0.2, -0.15) is 4.39 Å². The van der Waals surface area contributed by atoms with Gasteiger partial charge in [-0.15, -0.1) is 0 Å². The number of hydrogen-bond acceptors (Lipinski definition) is 2. The smallest absolute Gasteiger partial charge is 0.210 e. The Bertz CT molecular complexity index is 300. The zero-order valence-corrected chi connectivity index (χ0v) is 9.19. The van der Waals surface area contributed by atoms with E-state index in [9.17, 15) is 8.78 Å². The van der Waals surface area contributed by atoms with Crippen LogP contribution in [-0.4, -0.2) is 14.2 Å². The van der Waals surface area contributed by atoms with Gasteiger partial charge in [0.05, 0.1) is 17.8 Å². The van der Waals surface area contributed by atoms with Crippen LogP contribution in [0, 0.1) is 15.2 Å². The summed E-state index contributed by atoms with van der Waals surface area (Å²) in [5.74, 6) is -1.96. The highest BCUT2D eigenvalue weighted by atomic mass is 127. The Morgan fingerprint density at radius 1 is 1.15 bits per heavy atom. The average Bonchev–Trinajstić information content (AvgIpc) is 2.04. The van der Waals surface area contributed by atoms with Crippen molar-refractivity contribution >= 4 is 22.6 Å². The molecule has 1 aromatic rings. The van der Waals surface area contributed by atoms with E-state index in [2.05, 4.69) is 4.74 Å². The molecule has 5 heteroatoms. The number of methoxy groups -OCH3 is 2. The van der Waals surface area contributed by atoms with Crippen LogP contribution >= 0.6 is 22.6 Å². The Hall–Kier alpha value is -0.590. The first kappa shape index (κ1) is 10.5. The number of rotatable bonds is 2. The fourth-order valence-corrected chi connectivity index (χ4v) is 1.66. The van der Waals surface area contributed by atoms with Gasteiger partial charge in [0.25, 0.3) is 0 Å². The number of halogens is 3. The summed E-state index contributed by atoms with van der Waals surface area (Å²) in [4.78, 5) is 0. The highest BCUT2D eigenvalue weighted by Gasteiger charge is 2.18. The first-order valence-electron chi connectivity index (χ1n) is 3.37. The lowest BCUT2D eigenvalue weighted by atomic mass is 10.3. The maximum absolute atomic E-state index is 13.3. The first-order chi connectivity index (χ1) is 6.11. The van der Waals surface area contributed by atoms with E-state index < -0.39 is 17.4 Å². The molecule has 0 unspecified atom stereocenters. The molecule has 0 N–H and O–H groups in total. The summed E-state index contributed by atoms with van der Waals surface area (Å²) in [6, 6.07) is 1.15.